The first-order chi connectivity index (χ1) is 12.1. The number of hydrogen-bond donors (Lipinski definition) is 0. The molecule has 0 aliphatic carbocycles. The standard InChI is InChI=1S/C20H22N2O2S/c1-14(2)12-22-19(23)17-6-4-5-7-18(17)21-20(22)25-13-15-8-10-16(24-3)11-9-15/h4-11,14H,12-13H2,1-3H3. The lowest BCUT2D eigenvalue weighted by atomic mass is 10.2. The van der Waals surface area contributed by atoms with E-state index < -0.39 is 0 Å². The van der Waals surface area contributed by atoms with Gasteiger partial charge < -0.3 is 4.74 Å². The molecule has 25 heavy (non-hydrogen) atoms. The molecule has 5 heteroatoms. The molecule has 0 saturated carbocycles. The minimum absolute atomic E-state index is 0.0385. The molecule has 2 aromatic carbocycles. The third-order valence-electron chi connectivity index (χ3n) is 3.90. The topological polar surface area (TPSA) is 44.1 Å². The smallest absolute Gasteiger partial charge is 0.262 e. The van der Waals surface area contributed by atoms with Gasteiger partial charge in [0.15, 0.2) is 5.16 Å². The van der Waals surface area contributed by atoms with Crippen LogP contribution in [0, 0.1) is 5.92 Å². The van der Waals surface area contributed by atoms with Crippen LogP contribution in [-0.2, 0) is 12.3 Å². The van der Waals surface area contributed by atoms with Gasteiger partial charge in [0.25, 0.3) is 5.56 Å². The van der Waals surface area contributed by atoms with Gasteiger partial charge in [0.1, 0.15) is 5.75 Å². The maximum absolute atomic E-state index is 12.9. The van der Waals surface area contributed by atoms with Gasteiger partial charge in [-0.15, -0.1) is 0 Å². The van der Waals surface area contributed by atoms with Crippen molar-refractivity contribution in [3.63, 3.8) is 0 Å². The lowest BCUT2D eigenvalue weighted by Crippen LogP contribution is -2.25. The summed E-state index contributed by atoms with van der Waals surface area (Å²) in [6.45, 7) is 4.89. The summed E-state index contributed by atoms with van der Waals surface area (Å²) in [6.07, 6.45) is 0. The van der Waals surface area contributed by atoms with E-state index in [1.165, 1.54) is 5.56 Å². The Morgan fingerprint density at radius 3 is 2.52 bits per heavy atom. The first-order valence-electron chi connectivity index (χ1n) is 8.34. The number of thioether (sulfide) groups is 1. The first kappa shape index (κ1) is 17.5. The molecule has 0 radical (unpaired) electrons. The first-order valence-corrected chi connectivity index (χ1v) is 9.32. The van der Waals surface area contributed by atoms with Crippen LogP contribution in [0.5, 0.6) is 5.75 Å². The van der Waals surface area contributed by atoms with Crippen LogP contribution in [0.3, 0.4) is 0 Å². The zero-order valence-corrected chi connectivity index (χ0v) is 15.5. The summed E-state index contributed by atoms with van der Waals surface area (Å²) in [5.74, 6) is 1.97. The minimum atomic E-state index is 0.0385. The molecule has 130 valence electrons. The van der Waals surface area contributed by atoms with Gasteiger partial charge in [0.2, 0.25) is 0 Å². The molecule has 0 aliphatic rings. The Bertz CT molecular complexity index is 917. The Labute approximate surface area is 151 Å². The second-order valence-corrected chi connectivity index (χ2v) is 7.30. The number of nitrogens with zero attached hydrogens (tertiary/aromatic N) is 2. The van der Waals surface area contributed by atoms with Crippen LogP contribution in [0.15, 0.2) is 58.5 Å². The van der Waals surface area contributed by atoms with Crippen molar-refractivity contribution >= 4 is 22.7 Å². The highest BCUT2D eigenvalue weighted by Crippen LogP contribution is 2.24. The average Bonchev–Trinajstić information content (AvgIpc) is 2.63. The van der Waals surface area contributed by atoms with Gasteiger partial charge in [-0.2, -0.15) is 0 Å². The monoisotopic (exact) mass is 354 g/mol. The third kappa shape index (κ3) is 4.04. The summed E-state index contributed by atoms with van der Waals surface area (Å²) in [7, 11) is 1.66. The summed E-state index contributed by atoms with van der Waals surface area (Å²) in [5, 5.41) is 1.45. The Morgan fingerprint density at radius 2 is 1.84 bits per heavy atom. The van der Waals surface area contributed by atoms with E-state index in [1.807, 2.05) is 48.5 Å². The molecular weight excluding hydrogens is 332 g/mol. The molecule has 0 amide bonds. The van der Waals surface area contributed by atoms with Crippen molar-refractivity contribution in [2.24, 2.45) is 5.92 Å². The van der Waals surface area contributed by atoms with Crippen LogP contribution in [0.4, 0.5) is 0 Å². The van der Waals surface area contributed by atoms with Gasteiger partial charge in [0, 0.05) is 12.3 Å². The fraction of sp³-hybridized carbons (Fsp3) is 0.300. The van der Waals surface area contributed by atoms with Crippen molar-refractivity contribution in [1.82, 2.24) is 9.55 Å². The highest BCUT2D eigenvalue weighted by Gasteiger charge is 2.12. The predicted molar refractivity (Wildman–Crippen MR) is 103 cm³/mol. The van der Waals surface area contributed by atoms with E-state index in [2.05, 4.69) is 13.8 Å². The number of fused-ring (bicyclic) bond motifs is 1. The number of hydrogen-bond acceptors (Lipinski definition) is 4. The van der Waals surface area contributed by atoms with E-state index >= 15 is 0 Å². The number of rotatable bonds is 6. The largest absolute Gasteiger partial charge is 0.497 e. The van der Waals surface area contributed by atoms with Crippen molar-refractivity contribution < 1.29 is 4.74 Å². The number of para-hydroxylation sites is 1. The van der Waals surface area contributed by atoms with Crippen LogP contribution in [0.25, 0.3) is 10.9 Å². The van der Waals surface area contributed by atoms with Crippen LogP contribution >= 0.6 is 11.8 Å². The van der Waals surface area contributed by atoms with Gasteiger partial charge in [-0.05, 0) is 35.7 Å². The van der Waals surface area contributed by atoms with Crippen molar-refractivity contribution in [1.29, 1.82) is 0 Å². The zero-order valence-electron chi connectivity index (χ0n) is 14.7. The van der Waals surface area contributed by atoms with E-state index in [1.54, 1.807) is 23.4 Å². The predicted octanol–water partition coefficient (Wildman–Crippen LogP) is 4.35. The number of benzene rings is 2. The fourth-order valence-electron chi connectivity index (χ4n) is 2.65. The Hall–Kier alpha value is -2.27. The van der Waals surface area contributed by atoms with Gasteiger partial charge in [-0.1, -0.05) is 49.9 Å². The minimum Gasteiger partial charge on any atom is -0.497 e. The van der Waals surface area contributed by atoms with Crippen LogP contribution in [0.1, 0.15) is 19.4 Å². The second-order valence-electron chi connectivity index (χ2n) is 6.36. The van der Waals surface area contributed by atoms with Crippen LogP contribution in [-0.4, -0.2) is 16.7 Å². The molecule has 4 nitrogen and oxygen atoms in total. The van der Waals surface area contributed by atoms with E-state index in [4.69, 9.17) is 9.72 Å². The Balaban J connectivity index is 1.94. The number of aromatic nitrogens is 2. The van der Waals surface area contributed by atoms with Crippen molar-refractivity contribution in [2.75, 3.05) is 7.11 Å². The van der Waals surface area contributed by atoms with Crippen LogP contribution < -0.4 is 10.3 Å². The quantitative estimate of drug-likeness (QED) is 0.487. The molecular formula is C20H22N2O2S. The van der Waals surface area contributed by atoms with Crippen LogP contribution in [0.2, 0.25) is 0 Å². The van der Waals surface area contributed by atoms with Crippen molar-refractivity contribution in [3.05, 3.63) is 64.4 Å². The van der Waals surface area contributed by atoms with Gasteiger partial charge in [0.05, 0.1) is 18.0 Å². The van der Waals surface area contributed by atoms with E-state index in [-0.39, 0.29) is 5.56 Å². The summed E-state index contributed by atoms with van der Waals surface area (Å²) >= 11 is 1.60. The summed E-state index contributed by atoms with van der Waals surface area (Å²) < 4.78 is 7.00. The summed E-state index contributed by atoms with van der Waals surface area (Å²) in [4.78, 5) is 17.6. The van der Waals surface area contributed by atoms with Gasteiger partial charge in [-0.3, -0.25) is 9.36 Å². The van der Waals surface area contributed by atoms with E-state index in [9.17, 15) is 4.79 Å². The third-order valence-corrected chi connectivity index (χ3v) is 4.95. The normalized spacial score (nSPS) is 11.2. The van der Waals surface area contributed by atoms with E-state index in [0.717, 1.165) is 22.2 Å². The number of ether oxygens (including phenoxy) is 1. The Kier molecular flexibility index (Phi) is 5.43. The Morgan fingerprint density at radius 1 is 1.12 bits per heavy atom. The molecule has 0 fully saturated rings. The average molecular weight is 354 g/mol. The maximum atomic E-state index is 12.9. The second kappa shape index (κ2) is 7.74. The maximum Gasteiger partial charge on any atom is 0.262 e. The van der Waals surface area contributed by atoms with Gasteiger partial charge >= 0.3 is 0 Å². The van der Waals surface area contributed by atoms with Crippen molar-refractivity contribution in [3.8, 4) is 5.75 Å². The molecule has 0 N–H and O–H groups in total. The van der Waals surface area contributed by atoms with E-state index in [0.29, 0.717) is 17.8 Å². The lowest BCUT2D eigenvalue weighted by Gasteiger charge is -2.15. The fourth-order valence-corrected chi connectivity index (χ4v) is 3.62. The molecule has 1 aromatic heterocycles. The highest BCUT2D eigenvalue weighted by atomic mass is 32.2. The SMILES string of the molecule is COc1ccc(CSc2nc3ccccc3c(=O)n2CC(C)C)cc1. The molecule has 0 aliphatic heterocycles. The highest BCUT2D eigenvalue weighted by molar-refractivity contribution is 7.98. The summed E-state index contributed by atoms with van der Waals surface area (Å²) in [5.41, 5.74) is 1.96. The molecule has 3 aromatic rings. The molecule has 0 unspecified atom stereocenters. The molecule has 0 bridgehead atoms. The lowest BCUT2D eigenvalue weighted by molar-refractivity contribution is 0.414. The molecule has 0 spiro atoms. The molecule has 0 atom stereocenters. The number of methoxy groups -OCH3 is 1. The zero-order chi connectivity index (χ0) is 17.8. The van der Waals surface area contributed by atoms with Gasteiger partial charge in [-0.25, -0.2) is 4.98 Å². The molecule has 0 saturated heterocycles. The summed E-state index contributed by atoms with van der Waals surface area (Å²) in [6, 6.07) is 15.5. The van der Waals surface area contributed by atoms with Crippen molar-refractivity contribution in [2.45, 2.75) is 31.3 Å². The molecule has 3 rings (SSSR count). The molecule has 1 heterocycles.